The minimum Gasteiger partial charge on any atom is -0.0602 e. The van der Waals surface area contributed by atoms with Crippen molar-refractivity contribution in [3.05, 3.63) is 193 Å². The van der Waals surface area contributed by atoms with Crippen molar-refractivity contribution < 1.29 is 0 Å². The van der Waals surface area contributed by atoms with E-state index in [0.717, 1.165) is 12.1 Å². The predicted octanol–water partition coefficient (Wildman–Crippen LogP) is 12.9. The molecule has 0 N–H and O–H groups in total. The summed E-state index contributed by atoms with van der Waals surface area (Å²) in [5, 5.41) is 5.30. The van der Waals surface area contributed by atoms with E-state index in [9.17, 15) is 0 Å². The zero-order chi connectivity index (χ0) is 34.2. The number of fused-ring (bicyclic) bond motifs is 9. The van der Waals surface area contributed by atoms with Gasteiger partial charge in [0.05, 0.1) is 5.52 Å². The van der Waals surface area contributed by atoms with Crippen LogP contribution in [0.1, 0.15) is 11.1 Å². The number of anilines is 3. The smallest absolute Gasteiger partial charge is 0.0602 e. The molecule has 0 unspecified atom stereocenters. The first-order valence-electron chi connectivity index (χ1n) is 17.9. The fraction of sp³-hybridized carbons (Fsp3) is 0.0204. The van der Waals surface area contributed by atoms with Gasteiger partial charge in [-0.2, -0.15) is 0 Å². The Labute approximate surface area is 308 Å². The van der Waals surface area contributed by atoms with Gasteiger partial charge in [0.1, 0.15) is 0 Å². The van der Waals surface area contributed by atoms with Crippen LogP contribution in [-0.4, -0.2) is 19.1 Å². The van der Waals surface area contributed by atoms with Crippen LogP contribution in [0.3, 0.4) is 0 Å². The zero-order valence-electron chi connectivity index (χ0n) is 28.3. The first-order chi connectivity index (χ1) is 25.8. The number of nitrogens with zero attached hydrogens (tertiary/aromatic N) is 2. The minimum absolute atomic E-state index is 0.291. The van der Waals surface area contributed by atoms with Gasteiger partial charge in [0.15, 0.2) is 0 Å². The van der Waals surface area contributed by atoms with Gasteiger partial charge in [-0.3, -0.25) is 0 Å². The molecule has 0 fully saturated rings. The van der Waals surface area contributed by atoms with Gasteiger partial charge in [-0.05, 0) is 18.2 Å². The monoisotopic (exact) mass is 728 g/mol. The van der Waals surface area contributed by atoms with Crippen LogP contribution in [0.15, 0.2) is 182 Å². The molecule has 11 rings (SSSR count). The van der Waals surface area contributed by atoms with Crippen molar-refractivity contribution >= 4 is 72.7 Å². The molecule has 10 aromatic rings. The van der Waals surface area contributed by atoms with Crippen molar-refractivity contribution in [1.29, 1.82) is 0 Å². The van der Waals surface area contributed by atoms with E-state index in [0.29, 0.717) is 14.5 Å². The third kappa shape index (κ3) is 4.64. The standard InChI is InChI=1S/C49H32N2Se/c1-2-11-36(12-3-1)51-46-16-8-6-14-42(46)45-30-33(20-27-47(45)51)32-18-21-37(22-19-32)50(38-23-25-41-35(29-38)28-34-10-4-5-13-40(34)41)39-24-26-44-43-15-7-9-17-48(43)52-49(44)31-39/h1-27,29-31H,28H2. The third-order valence-corrected chi connectivity index (χ3v) is 13.2. The molecule has 0 radical (unpaired) electrons. The van der Waals surface area contributed by atoms with Gasteiger partial charge in [-0.15, -0.1) is 0 Å². The summed E-state index contributed by atoms with van der Waals surface area (Å²) in [5.41, 5.74) is 15.1. The van der Waals surface area contributed by atoms with Crippen LogP contribution in [0, 0.1) is 0 Å². The Morgan fingerprint density at radius 1 is 0.404 bits per heavy atom. The van der Waals surface area contributed by atoms with Crippen LogP contribution in [0.4, 0.5) is 17.1 Å². The molecule has 0 amide bonds. The Balaban J connectivity index is 1.03. The zero-order valence-corrected chi connectivity index (χ0v) is 30.0. The number of rotatable bonds is 5. The number of hydrogen-bond donors (Lipinski definition) is 0. The van der Waals surface area contributed by atoms with E-state index in [-0.39, 0.29) is 0 Å². The normalized spacial score (nSPS) is 12.2. The van der Waals surface area contributed by atoms with Crippen LogP contribution < -0.4 is 4.90 Å². The SMILES string of the molecule is c1ccc(-n2c3ccccc3c3cc(-c4ccc(N(c5ccc6c(c5)Cc5ccccc5-6)c5ccc6c(c5)[se]c5ccccc56)cc4)ccc32)cc1. The summed E-state index contributed by atoms with van der Waals surface area (Å²) in [5.74, 6) is 0. The summed E-state index contributed by atoms with van der Waals surface area (Å²) in [6.07, 6.45) is 0.970. The molecule has 0 saturated heterocycles. The van der Waals surface area contributed by atoms with Gasteiger partial charge in [0, 0.05) is 5.69 Å². The van der Waals surface area contributed by atoms with Gasteiger partial charge in [-0.1, -0.05) is 36.4 Å². The third-order valence-electron chi connectivity index (χ3n) is 10.8. The maximum absolute atomic E-state index is 2.45. The molecule has 2 heterocycles. The number of benzene rings is 8. The summed E-state index contributed by atoms with van der Waals surface area (Å²) < 4.78 is 5.29. The molecule has 0 saturated carbocycles. The van der Waals surface area contributed by atoms with Gasteiger partial charge < -0.3 is 4.57 Å². The molecule has 8 aromatic carbocycles. The summed E-state index contributed by atoms with van der Waals surface area (Å²) in [4.78, 5) is 2.45. The van der Waals surface area contributed by atoms with E-state index >= 15 is 0 Å². The molecular weight excluding hydrogens is 696 g/mol. The molecule has 0 spiro atoms. The van der Waals surface area contributed by atoms with Gasteiger partial charge in [-0.25, -0.2) is 0 Å². The summed E-state index contributed by atoms with van der Waals surface area (Å²) in [6, 6.07) is 67.3. The van der Waals surface area contributed by atoms with Crippen LogP contribution in [-0.2, 0) is 6.42 Å². The van der Waals surface area contributed by atoms with E-state index in [1.807, 2.05) is 0 Å². The van der Waals surface area contributed by atoms with Crippen molar-refractivity contribution in [3.63, 3.8) is 0 Å². The molecule has 0 atom stereocenters. The Morgan fingerprint density at radius 2 is 1.06 bits per heavy atom. The van der Waals surface area contributed by atoms with E-state index in [1.165, 1.54) is 91.5 Å². The van der Waals surface area contributed by atoms with E-state index in [2.05, 4.69) is 191 Å². The van der Waals surface area contributed by atoms with Crippen molar-refractivity contribution in [2.75, 3.05) is 4.90 Å². The fourth-order valence-electron chi connectivity index (χ4n) is 8.38. The molecule has 0 bridgehead atoms. The van der Waals surface area contributed by atoms with Crippen LogP contribution >= 0.6 is 0 Å². The molecule has 1 aliphatic carbocycles. The second kappa shape index (κ2) is 11.7. The van der Waals surface area contributed by atoms with Crippen molar-refractivity contribution in [2.24, 2.45) is 0 Å². The summed E-state index contributed by atoms with van der Waals surface area (Å²) >= 11 is 0.291. The van der Waals surface area contributed by atoms with Crippen LogP contribution in [0.5, 0.6) is 0 Å². The molecule has 52 heavy (non-hydrogen) atoms. The van der Waals surface area contributed by atoms with Crippen LogP contribution in [0.25, 0.3) is 69.0 Å². The molecule has 0 aliphatic heterocycles. The van der Waals surface area contributed by atoms with Crippen LogP contribution in [0.2, 0.25) is 0 Å². The average molecular weight is 728 g/mol. The Hall–Kier alpha value is -6.12. The second-order valence-electron chi connectivity index (χ2n) is 13.8. The van der Waals surface area contributed by atoms with Crippen molar-refractivity contribution in [3.8, 4) is 27.9 Å². The maximum atomic E-state index is 2.45. The van der Waals surface area contributed by atoms with Crippen molar-refractivity contribution in [2.45, 2.75) is 6.42 Å². The van der Waals surface area contributed by atoms with Crippen molar-refractivity contribution in [1.82, 2.24) is 4.57 Å². The Bertz CT molecular complexity index is 2990. The molecule has 2 aromatic heterocycles. The predicted molar refractivity (Wildman–Crippen MR) is 221 cm³/mol. The fourth-order valence-corrected chi connectivity index (χ4v) is 10.8. The first kappa shape index (κ1) is 29.6. The topological polar surface area (TPSA) is 8.17 Å². The van der Waals surface area contributed by atoms with E-state index < -0.39 is 0 Å². The summed E-state index contributed by atoms with van der Waals surface area (Å²) in [7, 11) is 0. The second-order valence-corrected chi connectivity index (χ2v) is 16.0. The first-order valence-corrected chi connectivity index (χ1v) is 19.6. The molecule has 1 aliphatic rings. The average Bonchev–Trinajstić information content (AvgIpc) is 3.87. The van der Waals surface area contributed by atoms with E-state index in [1.54, 1.807) is 0 Å². The minimum atomic E-state index is 0.291. The Morgan fingerprint density at radius 3 is 1.96 bits per heavy atom. The molecule has 244 valence electrons. The number of aromatic nitrogens is 1. The van der Waals surface area contributed by atoms with Gasteiger partial charge in [0.2, 0.25) is 0 Å². The molecular formula is C49H32N2Se. The summed E-state index contributed by atoms with van der Waals surface area (Å²) in [6.45, 7) is 0. The molecule has 3 heteroatoms. The number of hydrogen-bond acceptors (Lipinski definition) is 1. The van der Waals surface area contributed by atoms with Gasteiger partial charge >= 0.3 is 239 Å². The quantitative estimate of drug-likeness (QED) is 0.160. The Kier molecular flexibility index (Phi) is 6.67. The van der Waals surface area contributed by atoms with E-state index in [4.69, 9.17) is 0 Å². The number of para-hydroxylation sites is 2. The molecule has 2 nitrogen and oxygen atoms in total. The van der Waals surface area contributed by atoms with Gasteiger partial charge in [0.25, 0.3) is 0 Å².